The molecule has 1 fully saturated rings. The van der Waals surface area contributed by atoms with E-state index in [0.717, 1.165) is 38.1 Å². The van der Waals surface area contributed by atoms with E-state index in [0.29, 0.717) is 12.5 Å². The van der Waals surface area contributed by atoms with Crippen LogP contribution >= 0.6 is 0 Å². The first-order valence-electron chi connectivity index (χ1n) is 9.27. The number of nitrogens with zero attached hydrogens (tertiary/aromatic N) is 1. The molecule has 1 aromatic carbocycles. The van der Waals surface area contributed by atoms with Crippen LogP contribution in [0.3, 0.4) is 0 Å². The van der Waals surface area contributed by atoms with Crippen LogP contribution in [0.4, 0.5) is 0 Å². The van der Waals surface area contributed by atoms with E-state index >= 15 is 0 Å². The number of ether oxygens (including phenoxy) is 1. The van der Waals surface area contributed by atoms with Crippen molar-refractivity contribution in [2.75, 3.05) is 19.7 Å². The Bertz CT molecular complexity index is 505. The van der Waals surface area contributed by atoms with Crippen LogP contribution in [0.15, 0.2) is 24.3 Å². The number of benzene rings is 1. The van der Waals surface area contributed by atoms with Crippen LogP contribution in [0.5, 0.6) is 5.75 Å². The molecule has 1 aliphatic heterocycles. The molecule has 2 N–H and O–H groups in total. The Balaban J connectivity index is 1.74. The molecule has 1 aromatic rings. The molecule has 0 radical (unpaired) electrons. The highest BCUT2D eigenvalue weighted by Crippen LogP contribution is 2.24. The summed E-state index contributed by atoms with van der Waals surface area (Å²) in [5.74, 6) is 1.97. The second-order valence-corrected chi connectivity index (χ2v) is 7.15. The summed E-state index contributed by atoms with van der Waals surface area (Å²) in [6.07, 6.45) is 4.46. The average Bonchev–Trinajstić information content (AvgIpc) is 2.60. The minimum Gasteiger partial charge on any atom is -0.494 e. The van der Waals surface area contributed by atoms with Crippen molar-refractivity contribution in [1.29, 1.82) is 0 Å². The molecule has 1 amide bonds. The first kappa shape index (κ1) is 18.8. The molecular formula is C20H32N2O2. The quantitative estimate of drug-likeness (QED) is 0.834. The Kier molecular flexibility index (Phi) is 7.10. The van der Waals surface area contributed by atoms with Gasteiger partial charge in [-0.1, -0.05) is 26.0 Å². The lowest BCUT2D eigenvalue weighted by atomic mass is 9.90. The van der Waals surface area contributed by atoms with Gasteiger partial charge < -0.3 is 15.4 Å². The zero-order chi connectivity index (χ0) is 17.5. The van der Waals surface area contributed by atoms with E-state index in [2.05, 4.69) is 12.1 Å². The Hall–Kier alpha value is -1.55. The van der Waals surface area contributed by atoms with Gasteiger partial charge in [0.15, 0.2) is 0 Å². The standard InChI is InChI=1S/C20H32N2O2/c1-4-24-18-9-7-16(8-10-18)5-6-17-11-13-22(14-12-17)20(23)19(21)15(2)3/h7-10,15,17,19H,4-6,11-14,21H2,1-3H3/t19-/m0/s1. The maximum absolute atomic E-state index is 12.3. The molecule has 4 nitrogen and oxygen atoms in total. The van der Waals surface area contributed by atoms with Crippen LogP contribution < -0.4 is 10.5 Å². The Morgan fingerprint density at radius 1 is 1.25 bits per heavy atom. The third-order valence-electron chi connectivity index (χ3n) is 5.01. The second-order valence-electron chi connectivity index (χ2n) is 7.15. The molecule has 134 valence electrons. The molecule has 24 heavy (non-hydrogen) atoms. The zero-order valence-electron chi connectivity index (χ0n) is 15.3. The summed E-state index contributed by atoms with van der Waals surface area (Å²) < 4.78 is 5.48. The molecule has 2 rings (SSSR count). The smallest absolute Gasteiger partial charge is 0.239 e. The van der Waals surface area contributed by atoms with Gasteiger partial charge in [0.1, 0.15) is 5.75 Å². The number of nitrogens with two attached hydrogens (primary N) is 1. The zero-order valence-corrected chi connectivity index (χ0v) is 15.3. The van der Waals surface area contributed by atoms with Gasteiger partial charge in [-0.3, -0.25) is 4.79 Å². The number of carbonyl (C=O) groups is 1. The van der Waals surface area contributed by atoms with Crippen LogP contribution in [-0.2, 0) is 11.2 Å². The highest BCUT2D eigenvalue weighted by molar-refractivity contribution is 5.82. The third kappa shape index (κ3) is 5.23. The molecule has 0 saturated carbocycles. The van der Waals surface area contributed by atoms with Crippen LogP contribution in [0.2, 0.25) is 0 Å². The third-order valence-corrected chi connectivity index (χ3v) is 5.01. The van der Waals surface area contributed by atoms with Crippen molar-refractivity contribution in [2.45, 2.75) is 52.5 Å². The molecule has 0 bridgehead atoms. The molecule has 1 heterocycles. The molecular weight excluding hydrogens is 300 g/mol. The monoisotopic (exact) mass is 332 g/mol. The second kappa shape index (κ2) is 9.07. The van der Waals surface area contributed by atoms with Crippen LogP contribution in [0.1, 0.15) is 45.6 Å². The number of piperidine rings is 1. The highest BCUT2D eigenvalue weighted by atomic mass is 16.5. The van der Waals surface area contributed by atoms with Gasteiger partial charge in [0.25, 0.3) is 0 Å². The van der Waals surface area contributed by atoms with E-state index in [1.807, 2.05) is 37.8 Å². The maximum atomic E-state index is 12.3. The summed E-state index contributed by atoms with van der Waals surface area (Å²) >= 11 is 0. The number of aryl methyl sites for hydroxylation is 1. The fraction of sp³-hybridized carbons (Fsp3) is 0.650. The lowest BCUT2D eigenvalue weighted by Gasteiger charge is -2.34. The van der Waals surface area contributed by atoms with Crippen molar-refractivity contribution in [3.05, 3.63) is 29.8 Å². The molecule has 0 aliphatic carbocycles. The molecule has 1 atom stereocenters. The van der Waals surface area contributed by atoms with Crippen molar-refractivity contribution in [3.63, 3.8) is 0 Å². The summed E-state index contributed by atoms with van der Waals surface area (Å²) in [7, 11) is 0. The maximum Gasteiger partial charge on any atom is 0.239 e. The van der Waals surface area contributed by atoms with Gasteiger partial charge in [-0.05, 0) is 62.1 Å². The van der Waals surface area contributed by atoms with E-state index in [1.165, 1.54) is 12.0 Å². The summed E-state index contributed by atoms with van der Waals surface area (Å²) in [6, 6.07) is 8.06. The van der Waals surface area contributed by atoms with Gasteiger partial charge in [0, 0.05) is 13.1 Å². The molecule has 1 saturated heterocycles. The normalized spacial score (nSPS) is 17.1. The number of hydrogen-bond donors (Lipinski definition) is 1. The van der Waals surface area contributed by atoms with E-state index in [4.69, 9.17) is 10.5 Å². The predicted octanol–water partition coefficient (Wildman–Crippen LogP) is 3.24. The molecule has 0 unspecified atom stereocenters. The van der Waals surface area contributed by atoms with Crippen LogP contribution in [0.25, 0.3) is 0 Å². The van der Waals surface area contributed by atoms with E-state index in [-0.39, 0.29) is 17.9 Å². The summed E-state index contributed by atoms with van der Waals surface area (Å²) in [5, 5.41) is 0. The summed E-state index contributed by atoms with van der Waals surface area (Å²) in [4.78, 5) is 14.3. The van der Waals surface area contributed by atoms with Gasteiger partial charge >= 0.3 is 0 Å². The van der Waals surface area contributed by atoms with Crippen molar-refractivity contribution in [2.24, 2.45) is 17.6 Å². The Morgan fingerprint density at radius 2 is 1.88 bits per heavy atom. The predicted molar refractivity (Wildman–Crippen MR) is 98.0 cm³/mol. The lowest BCUT2D eigenvalue weighted by molar-refractivity contribution is -0.135. The SMILES string of the molecule is CCOc1ccc(CCC2CCN(C(=O)[C@@H](N)C(C)C)CC2)cc1. The first-order chi connectivity index (χ1) is 11.5. The molecule has 1 aliphatic rings. The molecule has 4 heteroatoms. The topological polar surface area (TPSA) is 55.6 Å². The molecule has 0 aromatic heterocycles. The fourth-order valence-electron chi connectivity index (χ4n) is 3.23. The minimum absolute atomic E-state index is 0.120. The van der Waals surface area contributed by atoms with Gasteiger partial charge in [0.05, 0.1) is 12.6 Å². The average molecular weight is 332 g/mol. The first-order valence-corrected chi connectivity index (χ1v) is 9.27. The molecule has 0 spiro atoms. The van der Waals surface area contributed by atoms with Crippen molar-refractivity contribution in [1.82, 2.24) is 4.90 Å². The van der Waals surface area contributed by atoms with Gasteiger partial charge in [-0.25, -0.2) is 0 Å². The van der Waals surface area contributed by atoms with E-state index < -0.39 is 0 Å². The van der Waals surface area contributed by atoms with Gasteiger partial charge in [-0.15, -0.1) is 0 Å². The number of hydrogen-bond acceptors (Lipinski definition) is 3. The highest BCUT2D eigenvalue weighted by Gasteiger charge is 2.27. The lowest BCUT2D eigenvalue weighted by Crippen LogP contribution is -2.49. The van der Waals surface area contributed by atoms with Gasteiger partial charge in [-0.2, -0.15) is 0 Å². The summed E-state index contributed by atoms with van der Waals surface area (Å²) in [6.45, 7) is 8.43. The summed E-state index contributed by atoms with van der Waals surface area (Å²) in [5.41, 5.74) is 7.35. The van der Waals surface area contributed by atoms with E-state index in [9.17, 15) is 4.79 Å². The Morgan fingerprint density at radius 3 is 2.42 bits per heavy atom. The van der Waals surface area contributed by atoms with E-state index in [1.54, 1.807) is 0 Å². The van der Waals surface area contributed by atoms with Gasteiger partial charge in [0.2, 0.25) is 5.91 Å². The minimum atomic E-state index is -0.356. The number of rotatable bonds is 7. The largest absolute Gasteiger partial charge is 0.494 e. The van der Waals surface area contributed by atoms with Crippen LogP contribution in [0, 0.1) is 11.8 Å². The Labute approximate surface area is 146 Å². The van der Waals surface area contributed by atoms with Crippen molar-refractivity contribution < 1.29 is 9.53 Å². The van der Waals surface area contributed by atoms with Crippen molar-refractivity contribution in [3.8, 4) is 5.75 Å². The number of carbonyl (C=O) groups excluding carboxylic acids is 1. The van der Waals surface area contributed by atoms with Crippen LogP contribution in [-0.4, -0.2) is 36.5 Å². The fourth-order valence-corrected chi connectivity index (χ4v) is 3.23. The number of likely N-dealkylation sites (tertiary alicyclic amines) is 1. The number of amides is 1. The van der Waals surface area contributed by atoms with Crippen molar-refractivity contribution >= 4 is 5.91 Å².